The predicted octanol–water partition coefficient (Wildman–Crippen LogP) is 0.0238. The van der Waals surface area contributed by atoms with Crippen LogP contribution in [0.3, 0.4) is 0 Å². The van der Waals surface area contributed by atoms with Gasteiger partial charge < -0.3 is 15.0 Å². The van der Waals surface area contributed by atoms with Gasteiger partial charge in [0.1, 0.15) is 18.0 Å². The molecule has 0 spiro atoms. The quantitative estimate of drug-likeness (QED) is 0.695. The molecular formula is C14H22N6O3. The van der Waals surface area contributed by atoms with E-state index in [-0.39, 0.29) is 12.4 Å². The van der Waals surface area contributed by atoms with Crippen molar-refractivity contribution >= 4 is 12.4 Å². The van der Waals surface area contributed by atoms with Crippen LogP contribution in [0.15, 0.2) is 18.7 Å². The number of rotatable bonds is 7. The molecule has 0 unspecified atom stereocenters. The molecule has 0 saturated carbocycles. The number of imidazole rings is 1. The molecule has 2 heterocycles. The topological polar surface area (TPSA) is 115 Å². The Morgan fingerprint density at radius 1 is 1.39 bits per heavy atom. The summed E-state index contributed by atoms with van der Waals surface area (Å²) in [6, 6.07) is 0. The Balaban J connectivity index is 0.000000816. The fourth-order valence-electron chi connectivity index (χ4n) is 2.03. The SMILES string of the molecule is CCc1nccn1CCC(=O)NCCc1ncnn1C.O=CO. The van der Waals surface area contributed by atoms with Crippen molar-refractivity contribution in [2.45, 2.75) is 32.7 Å². The summed E-state index contributed by atoms with van der Waals surface area (Å²) in [5.74, 6) is 1.92. The van der Waals surface area contributed by atoms with Gasteiger partial charge in [0.15, 0.2) is 0 Å². The van der Waals surface area contributed by atoms with Crippen molar-refractivity contribution in [1.29, 1.82) is 0 Å². The van der Waals surface area contributed by atoms with Gasteiger partial charge in [-0.05, 0) is 0 Å². The summed E-state index contributed by atoms with van der Waals surface area (Å²) in [7, 11) is 1.84. The Morgan fingerprint density at radius 2 is 2.13 bits per heavy atom. The number of aromatic nitrogens is 5. The molecule has 0 fully saturated rings. The molecule has 0 aliphatic heterocycles. The third-order valence-electron chi connectivity index (χ3n) is 3.17. The highest BCUT2D eigenvalue weighted by molar-refractivity contribution is 5.75. The van der Waals surface area contributed by atoms with Crippen LogP contribution in [0.1, 0.15) is 25.0 Å². The molecule has 0 atom stereocenters. The molecule has 9 nitrogen and oxygen atoms in total. The zero-order valence-corrected chi connectivity index (χ0v) is 13.3. The molecule has 9 heteroatoms. The van der Waals surface area contributed by atoms with Crippen molar-refractivity contribution in [2.24, 2.45) is 7.05 Å². The molecule has 2 N–H and O–H groups in total. The van der Waals surface area contributed by atoms with Gasteiger partial charge in [-0.2, -0.15) is 5.10 Å². The van der Waals surface area contributed by atoms with Gasteiger partial charge >= 0.3 is 0 Å². The van der Waals surface area contributed by atoms with Crippen LogP contribution < -0.4 is 5.32 Å². The second-order valence-corrected chi connectivity index (χ2v) is 4.65. The summed E-state index contributed by atoms with van der Waals surface area (Å²) in [5, 5.41) is 13.8. The second-order valence-electron chi connectivity index (χ2n) is 4.65. The molecule has 0 bridgehead atoms. The Bertz CT molecular complexity index is 607. The average molecular weight is 322 g/mol. The van der Waals surface area contributed by atoms with E-state index in [0.717, 1.165) is 18.1 Å². The highest BCUT2D eigenvalue weighted by Crippen LogP contribution is 2.00. The lowest BCUT2D eigenvalue weighted by Crippen LogP contribution is -2.27. The number of nitrogens with zero attached hydrogens (tertiary/aromatic N) is 5. The van der Waals surface area contributed by atoms with E-state index in [4.69, 9.17) is 9.90 Å². The van der Waals surface area contributed by atoms with E-state index in [2.05, 4.69) is 27.3 Å². The van der Waals surface area contributed by atoms with Crippen molar-refractivity contribution in [3.8, 4) is 0 Å². The molecule has 23 heavy (non-hydrogen) atoms. The average Bonchev–Trinajstić information content (AvgIpc) is 3.15. The van der Waals surface area contributed by atoms with Gasteiger partial charge in [0.05, 0.1) is 0 Å². The number of hydrogen-bond acceptors (Lipinski definition) is 5. The van der Waals surface area contributed by atoms with Crippen molar-refractivity contribution in [3.05, 3.63) is 30.4 Å². The van der Waals surface area contributed by atoms with Gasteiger partial charge in [-0.25, -0.2) is 9.97 Å². The van der Waals surface area contributed by atoms with E-state index in [1.54, 1.807) is 10.9 Å². The van der Waals surface area contributed by atoms with E-state index in [9.17, 15) is 4.79 Å². The lowest BCUT2D eigenvalue weighted by molar-refractivity contribution is -0.123. The fraction of sp³-hybridized carbons (Fsp3) is 0.500. The van der Waals surface area contributed by atoms with Crippen LogP contribution >= 0.6 is 0 Å². The van der Waals surface area contributed by atoms with Crippen molar-refractivity contribution in [1.82, 2.24) is 29.6 Å². The standard InChI is InChI=1S/C13H20N6O.CH2O2/c1-3-11-14-7-9-19(11)8-5-13(20)15-6-4-12-16-10-17-18(12)2;2-1-3/h7,9-10H,3-6,8H2,1-2H3,(H,15,20);1H,(H,2,3). The lowest BCUT2D eigenvalue weighted by atomic mass is 10.3. The first-order valence-corrected chi connectivity index (χ1v) is 7.29. The zero-order valence-electron chi connectivity index (χ0n) is 13.3. The van der Waals surface area contributed by atoms with Crippen molar-refractivity contribution < 1.29 is 14.7 Å². The monoisotopic (exact) mass is 322 g/mol. The van der Waals surface area contributed by atoms with Crippen molar-refractivity contribution in [3.63, 3.8) is 0 Å². The number of carboxylic acid groups (broad SMARTS) is 1. The molecule has 126 valence electrons. The number of aryl methyl sites for hydroxylation is 3. The molecule has 2 rings (SSSR count). The van der Waals surface area contributed by atoms with Gasteiger partial charge in [0, 0.05) is 51.8 Å². The second kappa shape index (κ2) is 10.1. The van der Waals surface area contributed by atoms with Crippen LogP contribution in [0.5, 0.6) is 0 Å². The zero-order chi connectivity index (χ0) is 17.1. The molecule has 1 amide bonds. The number of nitrogens with one attached hydrogen (secondary N) is 1. The van der Waals surface area contributed by atoms with Gasteiger partial charge in [-0.1, -0.05) is 6.92 Å². The van der Waals surface area contributed by atoms with Crippen LogP contribution in [0.4, 0.5) is 0 Å². The molecule has 0 aliphatic rings. The van der Waals surface area contributed by atoms with Crippen LogP contribution in [-0.2, 0) is 36.0 Å². The third-order valence-corrected chi connectivity index (χ3v) is 3.17. The highest BCUT2D eigenvalue weighted by Gasteiger charge is 2.05. The normalized spacial score (nSPS) is 9.83. The summed E-state index contributed by atoms with van der Waals surface area (Å²) in [5.41, 5.74) is 0. The van der Waals surface area contributed by atoms with Crippen LogP contribution in [0.2, 0.25) is 0 Å². The highest BCUT2D eigenvalue weighted by atomic mass is 16.3. The van der Waals surface area contributed by atoms with E-state index in [1.165, 1.54) is 6.33 Å². The molecule has 0 aromatic carbocycles. The van der Waals surface area contributed by atoms with Gasteiger partial charge in [0.2, 0.25) is 5.91 Å². The van der Waals surface area contributed by atoms with E-state index in [1.807, 2.05) is 17.8 Å². The lowest BCUT2D eigenvalue weighted by Gasteiger charge is -2.07. The maximum absolute atomic E-state index is 11.8. The van der Waals surface area contributed by atoms with Crippen molar-refractivity contribution in [2.75, 3.05) is 6.54 Å². The van der Waals surface area contributed by atoms with Crippen LogP contribution in [0, 0.1) is 0 Å². The van der Waals surface area contributed by atoms with E-state index < -0.39 is 0 Å². The van der Waals surface area contributed by atoms with Crippen LogP contribution in [-0.4, -0.2) is 48.3 Å². The fourth-order valence-corrected chi connectivity index (χ4v) is 2.03. The summed E-state index contributed by atoms with van der Waals surface area (Å²) >= 11 is 0. The largest absolute Gasteiger partial charge is 0.483 e. The summed E-state index contributed by atoms with van der Waals surface area (Å²) < 4.78 is 3.73. The predicted molar refractivity (Wildman–Crippen MR) is 82.6 cm³/mol. The van der Waals surface area contributed by atoms with Crippen LogP contribution in [0.25, 0.3) is 0 Å². The number of hydrogen-bond donors (Lipinski definition) is 2. The Labute approximate surface area is 134 Å². The maximum Gasteiger partial charge on any atom is 0.290 e. The molecule has 2 aromatic rings. The minimum atomic E-state index is -0.250. The summed E-state index contributed by atoms with van der Waals surface area (Å²) in [4.78, 5) is 28.5. The molecule has 0 saturated heterocycles. The minimum Gasteiger partial charge on any atom is -0.483 e. The number of amides is 1. The first kappa shape index (κ1) is 18.3. The molecule has 2 aromatic heterocycles. The van der Waals surface area contributed by atoms with E-state index >= 15 is 0 Å². The van der Waals surface area contributed by atoms with Gasteiger partial charge in [0.25, 0.3) is 6.47 Å². The van der Waals surface area contributed by atoms with E-state index in [0.29, 0.717) is 25.9 Å². The first-order chi connectivity index (χ1) is 11.1. The Morgan fingerprint density at radius 3 is 2.74 bits per heavy atom. The number of carbonyl (C=O) groups is 2. The molecule has 0 radical (unpaired) electrons. The first-order valence-electron chi connectivity index (χ1n) is 7.29. The summed E-state index contributed by atoms with van der Waals surface area (Å²) in [6.45, 7) is 3.05. The smallest absolute Gasteiger partial charge is 0.290 e. The minimum absolute atomic E-state index is 0.0444. The third kappa shape index (κ3) is 6.29. The Hall–Kier alpha value is -2.71. The van der Waals surface area contributed by atoms with Gasteiger partial charge in [-0.15, -0.1) is 0 Å². The van der Waals surface area contributed by atoms with Gasteiger partial charge in [-0.3, -0.25) is 14.3 Å². The number of carbonyl (C=O) groups excluding carboxylic acids is 1. The molecule has 0 aliphatic carbocycles. The maximum atomic E-state index is 11.8. The molecular weight excluding hydrogens is 300 g/mol. The summed E-state index contributed by atoms with van der Waals surface area (Å²) in [6.07, 6.45) is 7.22. The Kier molecular flexibility index (Phi) is 8.04.